The van der Waals surface area contributed by atoms with Crippen molar-refractivity contribution in [2.24, 2.45) is 5.92 Å². The number of urea groups is 1. The number of nitrogens with zero attached hydrogens (tertiary/aromatic N) is 2. The summed E-state index contributed by atoms with van der Waals surface area (Å²) < 4.78 is 31.2. The maximum Gasteiger partial charge on any atom is 0.317 e. The summed E-state index contributed by atoms with van der Waals surface area (Å²) in [4.78, 5) is 18.0. The smallest absolute Gasteiger partial charge is 0.317 e. The van der Waals surface area contributed by atoms with E-state index in [0.29, 0.717) is 18.0 Å². The molecule has 3 aromatic carbocycles. The minimum absolute atomic E-state index is 0.0694. The molecule has 0 atom stereocenters. The van der Waals surface area contributed by atoms with Crippen molar-refractivity contribution in [2.45, 2.75) is 70.5 Å². The number of carbonyl (C=O) groups is 1. The predicted octanol–water partition coefficient (Wildman–Crippen LogP) is 7.00. The van der Waals surface area contributed by atoms with Crippen LogP contribution in [0.15, 0.2) is 78.9 Å². The molecule has 3 aromatic rings. The second-order valence-electron chi connectivity index (χ2n) is 12.3. The number of amides is 2. The Morgan fingerprint density at radius 1 is 0.841 bits per heavy atom. The first-order chi connectivity index (χ1) is 21.3. The third kappa shape index (κ3) is 9.99. The number of anilines is 1. The van der Waals surface area contributed by atoms with E-state index in [0.717, 1.165) is 63.4 Å². The van der Waals surface area contributed by atoms with E-state index >= 15 is 0 Å². The van der Waals surface area contributed by atoms with E-state index < -0.39 is 10.0 Å². The van der Waals surface area contributed by atoms with Crippen molar-refractivity contribution in [3.63, 3.8) is 0 Å². The molecule has 1 aliphatic carbocycles. The molecule has 2 N–H and O–H groups in total. The van der Waals surface area contributed by atoms with E-state index in [1.807, 2.05) is 30.3 Å². The Hall–Kier alpha value is -3.56. The number of ether oxygens (including phenoxy) is 1. The summed E-state index contributed by atoms with van der Waals surface area (Å²) in [5.74, 6) is 2.12. The number of carbonyl (C=O) groups excluding carboxylic acids is 1. The fraction of sp³-hybridized carbons (Fsp3) is 0.457. The number of hydrogen-bond acceptors (Lipinski definition) is 5. The molecule has 1 saturated heterocycles. The molecule has 5 rings (SSSR count). The molecule has 2 fully saturated rings. The number of hydrogen-bond donors (Lipinski definition) is 2. The van der Waals surface area contributed by atoms with Gasteiger partial charge in [-0.05, 0) is 72.7 Å². The quantitative estimate of drug-likeness (QED) is 0.228. The number of rotatable bonds is 12. The molecule has 0 unspecified atom stereocenters. The number of piperidine rings is 1. The molecule has 1 aliphatic heterocycles. The number of nitrogens with one attached hydrogen (secondary N) is 2. The van der Waals surface area contributed by atoms with Crippen LogP contribution in [0.2, 0.25) is 0 Å². The fourth-order valence-corrected chi connectivity index (χ4v) is 6.92. The summed E-state index contributed by atoms with van der Waals surface area (Å²) in [5.41, 5.74) is 2.88. The summed E-state index contributed by atoms with van der Waals surface area (Å²) >= 11 is 0. The topological polar surface area (TPSA) is 91.0 Å². The van der Waals surface area contributed by atoms with Gasteiger partial charge in [0.05, 0.1) is 6.26 Å². The van der Waals surface area contributed by atoms with E-state index in [1.165, 1.54) is 43.2 Å². The summed E-state index contributed by atoms with van der Waals surface area (Å²) in [5, 5.41) is 3.27. The minimum atomic E-state index is -3.31. The molecule has 0 radical (unpaired) electrons. The fourth-order valence-electron chi connectivity index (χ4n) is 6.36. The highest BCUT2D eigenvalue weighted by atomic mass is 32.2. The highest BCUT2D eigenvalue weighted by molar-refractivity contribution is 7.92. The minimum Gasteiger partial charge on any atom is -0.457 e. The van der Waals surface area contributed by atoms with Crippen LogP contribution < -0.4 is 14.8 Å². The zero-order valence-electron chi connectivity index (χ0n) is 25.8. The van der Waals surface area contributed by atoms with Crippen molar-refractivity contribution >= 4 is 21.7 Å². The second-order valence-corrected chi connectivity index (χ2v) is 14.0. The van der Waals surface area contributed by atoms with Gasteiger partial charge in [-0.1, -0.05) is 74.6 Å². The summed E-state index contributed by atoms with van der Waals surface area (Å²) in [6.07, 6.45) is 10.7. The van der Waals surface area contributed by atoms with Gasteiger partial charge in [0.15, 0.2) is 0 Å². The van der Waals surface area contributed by atoms with Gasteiger partial charge in [0.25, 0.3) is 0 Å². The van der Waals surface area contributed by atoms with Crippen molar-refractivity contribution in [2.75, 3.05) is 30.6 Å². The average Bonchev–Trinajstić information content (AvgIpc) is 3.02. The lowest BCUT2D eigenvalue weighted by atomic mass is 9.87. The molecule has 44 heavy (non-hydrogen) atoms. The summed E-state index contributed by atoms with van der Waals surface area (Å²) in [6, 6.07) is 25.5. The van der Waals surface area contributed by atoms with E-state index in [4.69, 9.17) is 4.74 Å². The first kappa shape index (κ1) is 31.9. The maximum atomic E-state index is 13.5. The zero-order chi connectivity index (χ0) is 30.8. The molecule has 9 heteroatoms. The highest BCUT2D eigenvalue weighted by Gasteiger charge is 2.28. The van der Waals surface area contributed by atoms with Crippen molar-refractivity contribution in [3.05, 3.63) is 90.0 Å². The molecular weight excluding hydrogens is 572 g/mol. The van der Waals surface area contributed by atoms with E-state index in [1.54, 1.807) is 24.3 Å². The third-order valence-corrected chi connectivity index (χ3v) is 9.34. The van der Waals surface area contributed by atoms with Crippen LogP contribution >= 0.6 is 0 Å². The normalized spacial score (nSPS) is 16.8. The van der Waals surface area contributed by atoms with Gasteiger partial charge in [-0.15, -0.1) is 0 Å². The lowest BCUT2D eigenvalue weighted by Crippen LogP contribution is -2.50. The van der Waals surface area contributed by atoms with Crippen molar-refractivity contribution in [3.8, 4) is 11.5 Å². The third-order valence-electron chi connectivity index (χ3n) is 8.73. The molecular formula is C35H46N4O4S. The van der Waals surface area contributed by atoms with Gasteiger partial charge < -0.3 is 15.0 Å². The molecule has 8 nitrogen and oxygen atoms in total. The second kappa shape index (κ2) is 15.4. The Labute approximate surface area is 262 Å². The van der Waals surface area contributed by atoms with Gasteiger partial charge in [-0.25, -0.2) is 13.2 Å². The number of sulfonamides is 1. The van der Waals surface area contributed by atoms with Gasteiger partial charge in [0.1, 0.15) is 11.5 Å². The van der Waals surface area contributed by atoms with Crippen molar-refractivity contribution in [1.29, 1.82) is 0 Å². The predicted molar refractivity (Wildman–Crippen MR) is 176 cm³/mol. The molecule has 2 aliphatic rings. The molecule has 0 bridgehead atoms. The first-order valence-electron chi connectivity index (χ1n) is 16.0. The number of benzene rings is 3. The zero-order valence-corrected chi connectivity index (χ0v) is 26.6. The standard InChI is InChI=1S/C35H46N4O4S/c1-44(41,42)37-31-14-18-34(19-15-31)43-33-16-12-30(13-17-33)26-38-24-21-32(22-25-38)39(27-29-10-6-3-7-11-29)35(40)36-23-20-28-8-4-2-5-9-28/h3,6-7,10-19,28,32,37H,2,4-5,8-9,20-27H2,1H3,(H,36,40). The monoisotopic (exact) mass is 618 g/mol. The van der Waals surface area contributed by atoms with E-state index in [9.17, 15) is 13.2 Å². The Bertz CT molecular complexity index is 1420. The van der Waals surface area contributed by atoms with Gasteiger partial charge in [0.2, 0.25) is 10.0 Å². The lowest BCUT2D eigenvalue weighted by Gasteiger charge is -2.38. The van der Waals surface area contributed by atoms with E-state index in [-0.39, 0.29) is 12.1 Å². The van der Waals surface area contributed by atoms with Gasteiger partial charge >= 0.3 is 6.03 Å². The van der Waals surface area contributed by atoms with Crippen LogP contribution in [-0.4, -0.2) is 56.2 Å². The molecule has 0 spiro atoms. The molecule has 1 saturated carbocycles. The van der Waals surface area contributed by atoms with Crippen LogP contribution in [0.3, 0.4) is 0 Å². The molecule has 0 aromatic heterocycles. The van der Waals surface area contributed by atoms with Gasteiger partial charge in [-0.3, -0.25) is 9.62 Å². The largest absolute Gasteiger partial charge is 0.457 e. The van der Waals surface area contributed by atoms with Gasteiger partial charge in [0, 0.05) is 44.5 Å². The Morgan fingerprint density at radius 3 is 2.11 bits per heavy atom. The summed E-state index contributed by atoms with van der Waals surface area (Å²) in [6.45, 7) is 4.14. The number of likely N-dealkylation sites (tertiary alicyclic amines) is 1. The van der Waals surface area contributed by atoms with Crippen LogP contribution in [0.4, 0.5) is 10.5 Å². The van der Waals surface area contributed by atoms with Crippen molar-refractivity contribution < 1.29 is 17.9 Å². The summed E-state index contributed by atoms with van der Waals surface area (Å²) in [7, 11) is -3.31. The van der Waals surface area contributed by atoms with E-state index in [2.05, 4.69) is 44.1 Å². The molecule has 1 heterocycles. The van der Waals surface area contributed by atoms with Crippen LogP contribution in [0, 0.1) is 5.92 Å². The highest BCUT2D eigenvalue weighted by Crippen LogP contribution is 2.27. The van der Waals surface area contributed by atoms with Gasteiger partial charge in [-0.2, -0.15) is 0 Å². The lowest BCUT2D eigenvalue weighted by molar-refractivity contribution is 0.113. The maximum absolute atomic E-state index is 13.5. The van der Waals surface area contributed by atoms with Crippen LogP contribution in [0.1, 0.15) is 62.5 Å². The SMILES string of the molecule is CS(=O)(=O)Nc1ccc(Oc2ccc(CN3CCC(N(Cc4ccccc4)C(=O)NCCC4CCCCC4)CC3)cc2)cc1. The Morgan fingerprint density at radius 2 is 1.48 bits per heavy atom. The Kier molecular flexibility index (Phi) is 11.2. The van der Waals surface area contributed by atoms with Crippen LogP contribution in [-0.2, 0) is 23.1 Å². The van der Waals surface area contributed by atoms with Crippen LogP contribution in [0.5, 0.6) is 11.5 Å². The average molecular weight is 619 g/mol. The van der Waals surface area contributed by atoms with Crippen molar-refractivity contribution in [1.82, 2.24) is 15.1 Å². The molecule has 236 valence electrons. The first-order valence-corrected chi connectivity index (χ1v) is 17.9. The Balaban J connectivity index is 1.11. The van der Waals surface area contributed by atoms with Crippen LogP contribution in [0.25, 0.3) is 0 Å². The molecule has 2 amide bonds.